The van der Waals surface area contributed by atoms with Crippen molar-refractivity contribution in [2.24, 2.45) is 0 Å². The molecular formula is C19H16F2N2O3. The van der Waals surface area contributed by atoms with Crippen molar-refractivity contribution in [3.63, 3.8) is 0 Å². The summed E-state index contributed by atoms with van der Waals surface area (Å²) in [6.07, 6.45) is 0.0410. The number of fused-ring (bicyclic) bond motifs is 1. The van der Waals surface area contributed by atoms with Crippen LogP contribution in [0.1, 0.15) is 5.56 Å². The van der Waals surface area contributed by atoms with Crippen molar-refractivity contribution in [2.75, 3.05) is 12.4 Å². The van der Waals surface area contributed by atoms with Crippen LogP contribution < -0.4 is 14.8 Å². The first-order valence-electron chi connectivity index (χ1n) is 7.82. The molecule has 0 radical (unpaired) electrons. The van der Waals surface area contributed by atoms with E-state index in [0.29, 0.717) is 17.1 Å². The van der Waals surface area contributed by atoms with Gasteiger partial charge in [0.2, 0.25) is 11.8 Å². The molecule has 1 amide bonds. The third-order valence-electron chi connectivity index (χ3n) is 3.64. The molecule has 1 heterocycles. The van der Waals surface area contributed by atoms with Crippen molar-refractivity contribution in [3.8, 4) is 11.6 Å². The number of halogens is 2. The zero-order valence-electron chi connectivity index (χ0n) is 13.9. The number of rotatable bonds is 6. The number of methoxy groups -OCH3 is 1. The first-order chi connectivity index (χ1) is 12.5. The summed E-state index contributed by atoms with van der Waals surface area (Å²) in [5.74, 6) is 0.274. The van der Waals surface area contributed by atoms with Crippen molar-refractivity contribution in [2.45, 2.75) is 13.0 Å². The predicted octanol–water partition coefficient (Wildman–Crippen LogP) is 4.03. The maximum Gasteiger partial charge on any atom is 0.387 e. The number of carbonyl (C=O) groups is 1. The predicted molar refractivity (Wildman–Crippen MR) is 93.7 cm³/mol. The molecule has 3 aromatic rings. The molecule has 5 nitrogen and oxygen atoms in total. The highest BCUT2D eigenvalue weighted by Crippen LogP contribution is 2.21. The average Bonchev–Trinajstić information content (AvgIpc) is 2.61. The van der Waals surface area contributed by atoms with E-state index in [-0.39, 0.29) is 18.1 Å². The molecule has 0 unspecified atom stereocenters. The molecule has 1 N–H and O–H groups in total. The molecule has 0 aliphatic rings. The average molecular weight is 358 g/mol. The molecule has 2 aromatic carbocycles. The number of nitrogens with one attached hydrogen (secondary N) is 1. The summed E-state index contributed by atoms with van der Waals surface area (Å²) in [6, 6.07) is 15.0. The quantitative estimate of drug-likeness (QED) is 0.723. The highest BCUT2D eigenvalue weighted by atomic mass is 19.3. The van der Waals surface area contributed by atoms with E-state index in [0.717, 1.165) is 10.9 Å². The fourth-order valence-corrected chi connectivity index (χ4v) is 2.52. The highest BCUT2D eigenvalue weighted by Gasteiger charge is 2.09. The third-order valence-corrected chi connectivity index (χ3v) is 3.64. The number of alkyl halides is 2. The number of hydrogen-bond donors (Lipinski definition) is 1. The summed E-state index contributed by atoms with van der Waals surface area (Å²) in [4.78, 5) is 16.5. The minimum atomic E-state index is -2.90. The lowest BCUT2D eigenvalue weighted by atomic mass is 10.1. The fraction of sp³-hybridized carbons (Fsp3) is 0.158. The molecule has 0 aliphatic carbocycles. The molecular weight excluding hydrogens is 342 g/mol. The Bertz CT molecular complexity index is 932. The molecule has 0 fully saturated rings. The summed E-state index contributed by atoms with van der Waals surface area (Å²) >= 11 is 0. The number of pyridine rings is 1. The van der Waals surface area contributed by atoms with E-state index in [2.05, 4.69) is 15.0 Å². The van der Waals surface area contributed by atoms with Gasteiger partial charge in [-0.3, -0.25) is 4.79 Å². The van der Waals surface area contributed by atoms with Gasteiger partial charge in [0.05, 0.1) is 19.0 Å². The Morgan fingerprint density at radius 1 is 1.15 bits per heavy atom. The molecule has 1 aromatic heterocycles. The lowest BCUT2D eigenvalue weighted by Gasteiger charge is -2.09. The number of anilines is 1. The molecule has 134 valence electrons. The van der Waals surface area contributed by atoms with E-state index < -0.39 is 6.61 Å². The van der Waals surface area contributed by atoms with E-state index in [1.54, 1.807) is 43.5 Å². The SMILES string of the molecule is COc1ccc2cc(NC(=O)Cc3cccc(OC(F)F)c3)ccc2n1. The van der Waals surface area contributed by atoms with Crippen molar-refractivity contribution in [3.05, 3.63) is 60.2 Å². The molecule has 0 spiro atoms. The fourth-order valence-electron chi connectivity index (χ4n) is 2.52. The van der Waals surface area contributed by atoms with Crippen LogP contribution in [0.5, 0.6) is 11.6 Å². The van der Waals surface area contributed by atoms with Crippen molar-refractivity contribution >= 4 is 22.5 Å². The zero-order valence-corrected chi connectivity index (χ0v) is 13.9. The minimum Gasteiger partial charge on any atom is -0.481 e. The first-order valence-corrected chi connectivity index (χ1v) is 7.82. The van der Waals surface area contributed by atoms with Gasteiger partial charge >= 0.3 is 6.61 Å². The summed E-state index contributed by atoms with van der Waals surface area (Å²) in [6.45, 7) is -2.90. The Morgan fingerprint density at radius 2 is 2.00 bits per heavy atom. The van der Waals surface area contributed by atoms with Crippen LogP contribution in [-0.2, 0) is 11.2 Å². The topological polar surface area (TPSA) is 60.5 Å². The van der Waals surface area contributed by atoms with E-state index in [9.17, 15) is 13.6 Å². The second-order valence-corrected chi connectivity index (χ2v) is 5.51. The van der Waals surface area contributed by atoms with Gasteiger partial charge in [-0.05, 0) is 42.0 Å². The second kappa shape index (κ2) is 7.77. The molecule has 0 saturated heterocycles. The van der Waals surface area contributed by atoms with Gasteiger partial charge < -0.3 is 14.8 Å². The van der Waals surface area contributed by atoms with Crippen LogP contribution in [-0.4, -0.2) is 24.6 Å². The Hall–Kier alpha value is -3.22. The maximum absolute atomic E-state index is 12.3. The monoisotopic (exact) mass is 358 g/mol. The van der Waals surface area contributed by atoms with E-state index in [1.165, 1.54) is 12.1 Å². The number of hydrogen-bond acceptors (Lipinski definition) is 4. The highest BCUT2D eigenvalue weighted by molar-refractivity contribution is 5.94. The Kier molecular flexibility index (Phi) is 5.26. The van der Waals surface area contributed by atoms with Gasteiger partial charge in [0.25, 0.3) is 0 Å². The lowest BCUT2D eigenvalue weighted by Crippen LogP contribution is -2.14. The number of aromatic nitrogens is 1. The standard InChI is InChI=1S/C19H16F2N2O3/c1-25-18-8-5-13-11-14(6-7-16(13)23-18)22-17(24)10-12-3-2-4-15(9-12)26-19(20)21/h2-9,11,19H,10H2,1H3,(H,22,24). The number of ether oxygens (including phenoxy) is 2. The van der Waals surface area contributed by atoms with Crippen LogP contribution in [0.2, 0.25) is 0 Å². The maximum atomic E-state index is 12.3. The lowest BCUT2D eigenvalue weighted by molar-refractivity contribution is -0.115. The van der Waals surface area contributed by atoms with Gasteiger partial charge in [0, 0.05) is 17.1 Å². The van der Waals surface area contributed by atoms with Crippen LogP contribution in [0, 0.1) is 0 Å². The van der Waals surface area contributed by atoms with Crippen LogP contribution in [0.25, 0.3) is 10.9 Å². The summed E-state index contributed by atoms with van der Waals surface area (Å²) in [7, 11) is 1.55. The van der Waals surface area contributed by atoms with E-state index in [1.807, 2.05) is 6.07 Å². The molecule has 7 heteroatoms. The van der Waals surface area contributed by atoms with Crippen LogP contribution in [0.3, 0.4) is 0 Å². The summed E-state index contributed by atoms with van der Waals surface area (Å²) < 4.78 is 33.9. The molecule has 0 saturated carbocycles. The van der Waals surface area contributed by atoms with Gasteiger partial charge in [-0.15, -0.1) is 0 Å². The van der Waals surface area contributed by atoms with Gasteiger partial charge in [-0.2, -0.15) is 8.78 Å². The first kappa shape index (κ1) is 17.6. The van der Waals surface area contributed by atoms with Crippen LogP contribution in [0.15, 0.2) is 54.6 Å². The minimum absolute atomic E-state index is 0.0241. The molecule has 0 bridgehead atoms. The number of carbonyl (C=O) groups excluding carboxylic acids is 1. The number of amides is 1. The smallest absolute Gasteiger partial charge is 0.387 e. The Labute approximate surface area is 148 Å². The zero-order chi connectivity index (χ0) is 18.5. The Balaban J connectivity index is 1.69. The van der Waals surface area contributed by atoms with Crippen LogP contribution >= 0.6 is 0 Å². The van der Waals surface area contributed by atoms with Gasteiger partial charge in [-0.1, -0.05) is 12.1 Å². The van der Waals surface area contributed by atoms with Crippen LogP contribution in [0.4, 0.5) is 14.5 Å². The Morgan fingerprint density at radius 3 is 2.77 bits per heavy atom. The molecule has 3 rings (SSSR count). The van der Waals surface area contributed by atoms with E-state index in [4.69, 9.17) is 4.74 Å². The van der Waals surface area contributed by atoms with E-state index >= 15 is 0 Å². The van der Waals surface area contributed by atoms with Crippen molar-refractivity contribution in [1.82, 2.24) is 4.98 Å². The molecule has 26 heavy (non-hydrogen) atoms. The van der Waals surface area contributed by atoms with Gasteiger partial charge in [0.1, 0.15) is 5.75 Å². The van der Waals surface area contributed by atoms with Crippen molar-refractivity contribution in [1.29, 1.82) is 0 Å². The van der Waals surface area contributed by atoms with Gasteiger partial charge in [0.15, 0.2) is 0 Å². The van der Waals surface area contributed by atoms with Gasteiger partial charge in [-0.25, -0.2) is 4.98 Å². The number of benzene rings is 2. The second-order valence-electron chi connectivity index (χ2n) is 5.51. The molecule has 0 atom stereocenters. The largest absolute Gasteiger partial charge is 0.481 e. The summed E-state index contributed by atoms with van der Waals surface area (Å²) in [5, 5.41) is 3.64. The summed E-state index contributed by atoms with van der Waals surface area (Å²) in [5.41, 5.74) is 1.95. The number of nitrogens with zero attached hydrogens (tertiary/aromatic N) is 1. The van der Waals surface area contributed by atoms with Crippen molar-refractivity contribution < 1.29 is 23.0 Å². The third kappa shape index (κ3) is 4.44. The normalized spacial score (nSPS) is 10.8. The molecule has 0 aliphatic heterocycles.